The number of sulfonamides is 1. The molecule has 20 heavy (non-hydrogen) atoms. The van der Waals surface area contributed by atoms with E-state index in [1.807, 2.05) is 6.07 Å². The standard InChI is InChI=1S/C14H17NO4S/c1-15(20(18,19)13-6-7-13)10-12-4-2-3-11(9-12)5-8-14(16)17/h2-5,8-9,13H,6-7,10H2,1H3,(H,16,17). The van der Waals surface area contributed by atoms with Crippen LogP contribution >= 0.6 is 0 Å². The van der Waals surface area contributed by atoms with E-state index in [9.17, 15) is 13.2 Å². The second-order valence-corrected chi connectivity index (χ2v) is 7.24. The first-order chi connectivity index (χ1) is 9.39. The van der Waals surface area contributed by atoms with Crippen LogP contribution in [0.4, 0.5) is 0 Å². The smallest absolute Gasteiger partial charge is 0.328 e. The summed E-state index contributed by atoms with van der Waals surface area (Å²) in [5.41, 5.74) is 1.58. The molecular weight excluding hydrogens is 278 g/mol. The molecule has 5 nitrogen and oxygen atoms in total. The second-order valence-electron chi connectivity index (χ2n) is 4.92. The monoisotopic (exact) mass is 295 g/mol. The first kappa shape index (κ1) is 14.7. The lowest BCUT2D eigenvalue weighted by Crippen LogP contribution is -2.29. The molecule has 0 radical (unpaired) electrons. The maximum absolute atomic E-state index is 12.0. The van der Waals surface area contributed by atoms with Crippen LogP contribution in [0.15, 0.2) is 30.3 Å². The quantitative estimate of drug-likeness (QED) is 0.811. The summed E-state index contributed by atoms with van der Waals surface area (Å²) in [6.45, 7) is 0.299. The summed E-state index contributed by atoms with van der Waals surface area (Å²) >= 11 is 0. The highest BCUT2D eigenvalue weighted by Crippen LogP contribution is 2.31. The van der Waals surface area contributed by atoms with Gasteiger partial charge in [0.15, 0.2) is 0 Å². The molecule has 108 valence electrons. The number of aliphatic carboxylic acids is 1. The van der Waals surface area contributed by atoms with Gasteiger partial charge in [-0.1, -0.05) is 24.3 Å². The van der Waals surface area contributed by atoms with E-state index in [1.54, 1.807) is 25.2 Å². The van der Waals surface area contributed by atoms with E-state index in [0.29, 0.717) is 6.54 Å². The van der Waals surface area contributed by atoms with Crippen molar-refractivity contribution in [3.05, 3.63) is 41.5 Å². The van der Waals surface area contributed by atoms with Gasteiger partial charge in [0.25, 0.3) is 0 Å². The van der Waals surface area contributed by atoms with Crippen molar-refractivity contribution >= 4 is 22.1 Å². The van der Waals surface area contributed by atoms with Gasteiger partial charge in [0.1, 0.15) is 0 Å². The van der Waals surface area contributed by atoms with Crippen LogP contribution in [0.3, 0.4) is 0 Å². The molecule has 0 aromatic heterocycles. The van der Waals surface area contributed by atoms with Gasteiger partial charge in [0.05, 0.1) is 5.25 Å². The molecule has 0 saturated heterocycles. The van der Waals surface area contributed by atoms with Crippen molar-refractivity contribution in [1.82, 2.24) is 4.31 Å². The molecule has 1 aromatic carbocycles. The molecule has 0 aliphatic heterocycles. The van der Waals surface area contributed by atoms with Crippen LogP contribution in [0, 0.1) is 0 Å². The third-order valence-corrected chi connectivity index (χ3v) is 5.47. The molecule has 0 amide bonds. The van der Waals surface area contributed by atoms with Gasteiger partial charge in [0.2, 0.25) is 10.0 Å². The lowest BCUT2D eigenvalue weighted by Gasteiger charge is -2.17. The predicted octanol–water partition coefficient (Wildman–Crippen LogP) is 1.71. The third-order valence-electron chi connectivity index (χ3n) is 3.15. The maximum Gasteiger partial charge on any atom is 0.328 e. The first-order valence-corrected chi connectivity index (χ1v) is 7.85. The summed E-state index contributed by atoms with van der Waals surface area (Å²) in [5.74, 6) is -1.01. The number of carboxylic acid groups (broad SMARTS) is 1. The van der Waals surface area contributed by atoms with Crippen molar-refractivity contribution in [2.75, 3.05) is 7.05 Å². The van der Waals surface area contributed by atoms with Gasteiger partial charge < -0.3 is 5.11 Å². The van der Waals surface area contributed by atoms with Gasteiger partial charge in [-0.3, -0.25) is 0 Å². The molecule has 0 heterocycles. The minimum absolute atomic E-state index is 0.220. The van der Waals surface area contributed by atoms with Crippen LogP contribution in [-0.4, -0.2) is 36.1 Å². The van der Waals surface area contributed by atoms with Crippen LogP contribution in [-0.2, 0) is 21.4 Å². The van der Waals surface area contributed by atoms with Crippen molar-refractivity contribution in [2.24, 2.45) is 0 Å². The molecule has 1 aliphatic rings. The zero-order valence-corrected chi connectivity index (χ0v) is 12.0. The fourth-order valence-electron chi connectivity index (χ4n) is 1.93. The normalized spacial score (nSPS) is 15.9. The van der Waals surface area contributed by atoms with E-state index in [2.05, 4.69) is 0 Å². The molecule has 0 spiro atoms. The van der Waals surface area contributed by atoms with Gasteiger partial charge in [-0.2, -0.15) is 0 Å². The third kappa shape index (κ3) is 3.68. The van der Waals surface area contributed by atoms with Gasteiger partial charge >= 0.3 is 5.97 Å². The van der Waals surface area contributed by atoms with Crippen molar-refractivity contribution in [3.63, 3.8) is 0 Å². The van der Waals surface area contributed by atoms with Crippen LogP contribution in [0.2, 0.25) is 0 Å². The number of nitrogens with zero attached hydrogens (tertiary/aromatic N) is 1. The Morgan fingerprint density at radius 2 is 2.15 bits per heavy atom. The Bertz CT molecular complexity index is 632. The topological polar surface area (TPSA) is 74.7 Å². The Morgan fingerprint density at radius 1 is 1.45 bits per heavy atom. The van der Waals surface area contributed by atoms with Crippen molar-refractivity contribution in [2.45, 2.75) is 24.6 Å². The van der Waals surface area contributed by atoms with Crippen molar-refractivity contribution in [1.29, 1.82) is 0 Å². The Kier molecular flexibility index (Phi) is 4.25. The largest absolute Gasteiger partial charge is 0.478 e. The molecule has 6 heteroatoms. The van der Waals surface area contributed by atoms with Gasteiger partial charge in [-0.25, -0.2) is 17.5 Å². The van der Waals surface area contributed by atoms with E-state index < -0.39 is 16.0 Å². The lowest BCUT2D eigenvalue weighted by atomic mass is 10.1. The molecular formula is C14H17NO4S. The number of carbonyl (C=O) groups is 1. The number of carboxylic acids is 1. The molecule has 1 saturated carbocycles. The molecule has 0 bridgehead atoms. The highest BCUT2D eigenvalue weighted by Gasteiger charge is 2.38. The Labute approximate surface area is 118 Å². The van der Waals surface area contributed by atoms with Crippen LogP contribution in [0.25, 0.3) is 6.08 Å². The van der Waals surface area contributed by atoms with Crippen molar-refractivity contribution < 1.29 is 18.3 Å². The fourth-order valence-corrected chi connectivity index (χ4v) is 3.50. The molecule has 0 atom stereocenters. The van der Waals surface area contributed by atoms with Crippen molar-refractivity contribution in [3.8, 4) is 0 Å². The number of rotatable bonds is 6. The molecule has 1 fully saturated rings. The van der Waals surface area contributed by atoms with Gasteiger partial charge in [-0.05, 0) is 30.0 Å². The lowest BCUT2D eigenvalue weighted by molar-refractivity contribution is -0.131. The summed E-state index contributed by atoms with van der Waals surface area (Å²) in [5, 5.41) is 8.37. The average Bonchev–Trinajstić information content (AvgIpc) is 3.21. The van der Waals surface area contributed by atoms with Gasteiger partial charge in [0, 0.05) is 19.7 Å². The summed E-state index contributed by atoms with van der Waals surface area (Å²) < 4.78 is 25.4. The predicted molar refractivity (Wildman–Crippen MR) is 76.5 cm³/mol. The van der Waals surface area contributed by atoms with E-state index in [0.717, 1.165) is 30.0 Å². The number of benzene rings is 1. The minimum Gasteiger partial charge on any atom is -0.478 e. The summed E-state index contributed by atoms with van der Waals surface area (Å²) in [6.07, 6.45) is 4.03. The Morgan fingerprint density at radius 3 is 2.75 bits per heavy atom. The van der Waals surface area contributed by atoms with Crippen LogP contribution in [0.1, 0.15) is 24.0 Å². The van der Waals surface area contributed by atoms with Crippen LogP contribution in [0.5, 0.6) is 0 Å². The number of hydrogen-bond donors (Lipinski definition) is 1. The van der Waals surface area contributed by atoms with E-state index in [1.165, 1.54) is 10.4 Å². The highest BCUT2D eigenvalue weighted by atomic mass is 32.2. The molecule has 0 unspecified atom stereocenters. The fraction of sp³-hybridized carbons (Fsp3) is 0.357. The molecule has 2 rings (SSSR count). The summed E-state index contributed by atoms with van der Waals surface area (Å²) in [6, 6.07) is 7.18. The molecule has 1 aromatic rings. The molecule has 1 aliphatic carbocycles. The highest BCUT2D eigenvalue weighted by molar-refractivity contribution is 7.90. The SMILES string of the molecule is CN(Cc1cccc(C=CC(=O)O)c1)S(=O)(=O)C1CC1. The Balaban J connectivity index is 2.09. The zero-order valence-electron chi connectivity index (χ0n) is 11.2. The summed E-state index contributed by atoms with van der Waals surface area (Å²) in [4.78, 5) is 10.5. The average molecular weight is 295 g/mol. The Hall–Kier alpha value is -1.66. The second kappa shape index (κ2) is 5.76. The summed E-state index contributed by atoms with van der Waals surface area (Å²) in [7, 11) is -1.60. The zero-order chi connectivity index (χ0) is 14.8. The van der Waals surface area contributed by atoms with E-state index in [4.69, 9.17) is 5.11 Å². The number of hydrogen-bond acceptors (Lipinski definition) is 3. The van der Waals surface area contributed by atoms with E-state index >= 15 is 0 Å². The van der Waals surface area contributed by atoms with E-state index in [-0.39, 0.29) is 5.25 Å². The first-order valence-electron chi connectivity index (χ1n) is 6.34. The van der Waals surface area contributed by atoms with Crippen LogP contribution < -0.4 is 0 Å². The maximum atomic E-state index is 12.0. The molecule has 1 N–H and O–H groups in total. The van der Waals surface area contributed by atoms with Gasteiger partial charge in [-0.15, -0.1) is 0 Å². The minimum atomic E-state index is -3.18.